The molecule has 1 fully saturated rings. The van der Waals surface area contributed by atoms with E-state index in [0.29, 0.717) is 17.4 Å². The van der Waals surface area contributed by atoms with E-state index in [1.165, 1.54) is 17.4 Å². The highest BCUT2D eigenvalue weighted by atomic mass is 32.1. The Bertz CT molecular complexity index is 846. The molecule has 1 atom stereocenters. The van der Waals surface area contributed by atoms with Gasteiger partial charge in [-0.05, 0) is 43.2 Å². The first-order valence-corrected chi connectivity index (χ1v) is 9.11. The molecule has 0 radical (unpaired) electrons. The van der Waals surface area contributed by atoms with E-state index in [0.717, 1.165) is 29.7 Å². The van der Waals surface area contributed by atoms with Gasteiger partial charge in [0.1, 0.15) is 5.76 Å². The summed E-state index contributed by atoms with van der Waals surface area (Å²) in [7, 11) is 0. The fourth-order valence-electron chi connectivity index (χ4n) is 2.86. The Kier molecular flexibility index (Phi) is 4.63. The van der Waals surface area contributed by atoms with Crippen molar-refractivity contribution in [3.05, 3.63) is 54.5 Å². The minimum absolute atomic E-state index is 0.0629. The second-order valence-corrected chi connectivity index (χ2v) is 6.91. The molecular weight excluding hydrogens is 336 g/mol. The first kappa shape index (κ1) is 16.1. The lowest BCUT2D eigenvalue weighted by Crippen LogP contribution is -2.36. The zero-order chi connectivity index (χ0) is 17.1. The minimum atomic E-state index is -0.119. The van der Waals surface area contributed by atoms with Gasteiger partial charge in [-0.1, -0.05) is 23.5 Å². The van der Waals surface area contributed by atoms with Crippen LogP contribution in [0.4, 0.5) is 5.13 Å². The van der Waals surface area contributed by atoms with Gasteiger partial charge in [0.15, 0.2) is 5.13 Å². The number of amides is 1. The second-order valence-electron chi connectivity index (χ2n) is 5.90. The number of rotatable bonds is 5. The summed E-state index contributed by atoms with van der Waals surface area (Å²) < 4.78 is 12.0. The number of thiazole rings is 1. The summed E-state index contributed by atoms with van der Waals surface area (Å²) in [4.78, 5) is 19.2. The van der Waals surface area contributed by atoms with Gasteiger partial charge in [0.2, 0.25) is 0 Å². The molecule has 5 nitrogen and oxygen atoms in total. The van der Waals surface area contributed by atoms with Crippen molar-refractivity contribution >= 4 is 38.7 Å². The normalized spacial score (nSPS) is 17.5. The molecule has 3 heterocycles. The van der Waals surface area contributed by atoms with Gasteiger partial charge in [-0.2, -0.15) is 0 Å². The Balaban J connectivity index is 1.61. The van der Waals surface area contributed by atoms with Crippen LogP contribution in [0.1, 0.15) is 18.6 Å². The van der Waals surface area contributed by atoms with Crippen molar-refractivity contribution in [2.24, 2.45) is 0 Å². The van der Waals surface area contributed by atoms with E-state index in [-0.39, 0.29) is 12.0 Å². The van der Waals surface area contributed by atoms with Crippen LogP contribution >= 0.6 is 11.3 Å². The zero-order valence-electron chi connectivity index (χ0n) is 13.6. The van der Waals surface area contributed by atoms with E-state index in [1.54, 1.807) is 23.3 Å². The summed E-state index contributed by atoms with van der Waals surface area (Å²) in [5, 5.41) is 0.700. The number of benzene rings is 1. The average molecular weight is 354 g/mol. The molecule has 128 valence electrons. The van der Waals surface area contributed by atoms with Crippen molar-refractivity contribution in [3.63, 3.8) is 0 Å². The fraction of sp³-hybridized carbons (Fsp3) is 0.263. The number of aromatic nitrogens is 1. The van der Waals surface area contributed by atoms with Crippen molar-refractivity contribution < 1.29 is 13.9 Å². The molecule has 0 saturated carbocycles. The molecule has 0 spiro atoms. The number of anilines is 1. The topological polar surface area (TPSA) is 55.6 Å². The van der Waals surface area contributed by atoms with Crippen LogP contribution in [0.2, 0.25) is 0 Å². The standard InChI is InChI=1S/C19H18N2O3S/c22-18(10-9-14-5-3-11-23-14)21(13-15-6-4-12-24-15)19-20-16-7-1-2-8-17(16)25-19/h1-3,5,7-11,15H,4,6,12-13H2. The van der Waals surface area contributed by atoms with E-state index < -0.39 is 0 Å². The highest BCUT2D eigenvalue weighted by molar-refractivity contribution is 7.22. The van der Waals surface area contributed by atoms with Gasteiger partial charge in [-0.25, -0.2) is 4.98 Å². The molecule has 2 aromatic heterocycles. The van der Waals surface area contributed by atoms with Crippen LogP contribution in [-0.4, -0.2) is 30.1 Å². The minimum Gasteiger partial charge on any atom is -0.465 e. The number of para-hydroxylation sites is 1. The maximum Gasteiger partial charge on any atom is 0.252 e. The maximum absolute atomic E-state index is 12.8. The number of hydrogen-bond donors (Lipinski definition) is 0. The third-order valence-corrected chi connectivity index (χ3v) is 5.18. The number of nitrogens with zero attached hydrogens (tertiary/aromatic N) is 2. The molecule has 4 rings (SSSR count). The molecule has 1 aliphatic rings. The van der Waals surface area contributed by atoms with Gasteiger partial charge in [0, 0.05) is 12.7 Å². The lowest BCUT2D eigenvalue weighted by atomic mass is 10.2. The number of hydrogen-bond acceptors (Lipinski definition) is 5. The van der Waals surface area contributed by atoms with Crippen LogP contribution in [-0.2, 0) is 9.53 Å². The van der Waals surface area contributed by atoms with Crippen molar-refractivity contribution in [3.8, 4) is 0 Å². The maximum atomic E-state index is 12.8. The highest BCUT2D eigenvalue weighted by Gasteiger charge is 2.25. The van der Waals surface area contributed by atoms with Gasteiger partial charge in [-0.3, -0.25) is 9.69 Å². The quantitative estimate of drug-likeness (QED) is 0.647. The number of carbonyl (C=O) groups excluding carboxylic acids is 1. The first-order chi connectivity index (χ1) is 12.3. The molecule has 1 aliphatic heterocycles. The third kappa shape index (κ3) is 3.65. The van der Waals surface area contributed by atoms with Crippen molar-refractivity contribution in [1.29, 1.82) is 0 Å². The smallest absolute Gasteiger partial charge is 0.252 e. The summed E-state index contributed by atoms with van der Waals surface area (Å²) in [6, 6.07) is 11.5. The first-order valence-electron chi connectivity index (χ1n) is 8.30. The van der Waals surface area contributed by atoms with Crippen LogP contribution in [0.5, 0.6) is 0 Å². The third-order valence-electron chi connectivity index (χ3n) is 4.12. The molecule has 1 aromatic carbocycles. The van der Waals surface area contributed by atoms with Crippen molar-refractivity contribution in [2.45, 2.75) is 18.9 Å². The summed E-state index contributed by atoms with van der Waals surface area (Å²) in [6.45, 7) is 1.27. The van der Waals surface area contributed by atoms with Crippen LogP contribution < -0.4 is 4.90 Å². The summed E-state index contributed by atoms with van der Waals surface area (Å²) in [5.41, 5.74) is 0.905. The van der Waals surface area contributed by atoms with E-state index in [4.69, 9.17) is 9.15 Å². The molecule has 3 aromatic rings. The van der Waals surface area contributed by atoms with Crippen molar-refractivity contribution in [1.82, 2.24) is 4.98 Å². The predicted octanol–water partition coefficient (Wildman–Crippen LogP) is 4.11. The number of fused-ring (bicyclic) bond motifs is 1. The number of ether oxygens (including phenoxy) is 1. The van der Waals surface area contributed by atoms with Crippen LogP contribution in [0.3, 0.4) is 0 Å². The van der Waals surface area contributed by atoms with E-state index >= 15 is 0 Å². The molecule has 0 aliphatic carbocycles. The lowest BCUT2D eigenvalue weighted by Gasteiger charge is -2.21. The molecular formula is C19H18N2O3S. The largest absolute Gasteiger partial charge is 0.465 e. The van der Waals surface area contributed by atoms with E-state index in [1.807, 2.05) is 30.3 Å². The fourth-order valence-corrected chi connectivity index (χ4v) is 3.84. The second kappa shape index (κ2) is 7.21. The SMILES string of the molecule is O=C(C=Cc1ccco1)N(CC1CCCO1)c1nc2ccccc2s1. The predicted molar refractivity (Wildman–Crippen MR) is 98.7 cm³/mol. The highest BCUT2D eigenvalue weighted by Crippen LogP contribution is 2.30. The van der Waals surface area contributed by atoms with E-state index in [9.17, 15) is 4.79 Å². The molecule has 0 bridgehead atoms. The molecule has 6 heteroatoms. The zero-order valence-corrected chi connectivity index (χ0v) is 14.4. The lowest BCUT2D eigenvalue weighted by molar-refractivity contribution is -0.114. The Morgan fingerprint density at radius 2 is 2.24 bits per heavy atom. The van der Waals surface area contributed by atoms with Gasteiger partial charge in [0.25, 0.3) is 5.91 Å². The van der Waals surface area contributed by atoms with Gasteiger partial charge < -0.3 is 9.15 Å². The molecule has 0 N–H and O–H groups in total. The summed E-state index contributed by atoms with van der Waals surface area (Å²) >= 11 is 1.52. The molecule has 1 saturated heterocycles. The Hall–Kier alpha value is -2.44. The van der Waals surface area contributed by atoms with Crippen LogP contribution in [0.25, 0.3) is 16.3 Å². The average Bonchev–Trinajstić information content (AvgIpc) is 3.38. The van der Waals surface area contributed by atoms with Gasteiger partial charge >= 0.3 is 0 Å². The molecule has 25 heavy (non-hydrogen) atoms. The van der Waals surface area contributed by atoms with E-state index in [2.05, 4.69) is 4.98 Å². The summed E-state index contributed by atoms with van der Waals surface area (Å²) in [5.74, 6) is 0.528. The summed E-state index contributed by atoms with van der Waals surface area (Å²) in [6.07, 6.45) is 6.86. The van der Waals surface area contributed by atoms with Gasteiger partial charge in [0.05, 0.1) is 29.1 Å². The van der Waals surface area contributed by atoms with Crippen LogP contribution in [0.15, 0.2) is 53.2 Å². The number of furan rings is 1. The molecule has 1 amide bonds. The molecule has 1 unspecified atom stereocenters. The Morgan fingerprint density at radius 3 is 3.00 bits per heavy atom. The van der Waals surface area contributed by atoms with Crippen molar-refractivity contribution in [2.75, 3.05) is 18.1 Å². The Labute approximate surface area is 149 Å². The Morgan fingerprint density at radius 1 is 1.32 bits per heavy atom. The number of carbonyl (C=O) groups is 1. The van der Waals surface area contributed by atoms with Crippen LogP contribution in [0, 0.1) is 0 Å². The monoisotopic (exact) mass is 354 g/mol. The van der Waals surface area contributed by atoms with Gasteiger partial charge in [-0.15, -0.1) is 0 Å².